The lowest BCUT2D eigenvalue weighted by molar-refractivity contribution is 0.0821. The average Bonchev–Trinajstić information content (AvgIpc) is 2.48. The molecule has 0 aromatic heterocycles. The van der Waals surface area contributed by atoms with Crippen LogP contribution >= 0.6 is 12.2 Å². The zero-order chi connectivity index (χ0) is 15.5. The molecule has 3 nitrogen and oxygen atoms in total. The fraction of sp³-hybridized carbons (Fsp3) is 0.588. The van der Waals surface area contributed by atoms with Crippen LogP contribution in [-0.2, 0) is 13.0 Å². The van der Waals surface area contributed by atoms with Crippen molar-refractivity contribution in [1.82, 2.24) is 9.80 Å². The molecule has 1 fully saturated rings. The predicted molar refractivity (Wildman–Crippen MR) is 93.5 cm³/mol. The Morgan fingerprint density at radius 1 is 1.10 bits per heavy atom. The fourth-order valence-electron chi connectivity index (χ4n) is 2.76. The summed E-state index contributed by atoms with van der Waals surface area (Å²) >= 11 is 5.19. The maximum absolute atomic E-state index is 5.86. The lowest BCUT2D eigenvalue weighted by atomic mass is 10.0. The second-order valence-electron chi connectivity index (χ2n) is 6.36. The van der Waals surface area contributed by atoms with Crippen LogP contribution in [0.15, 0.2) is 24.3 Å². The minimum Gasteiger partial charge on any atom is -0.392 e. The van der Waals surface area contributed by atoms with E-state index >= 15 is 0 Å². The summed E-state index contributed by atoms with van der Waals surface area (Å²) in [6, 6.07) is 8.98. The van der Waals surface area contributed by atoms with E-state index in [-0.39, 0.29) is 5.54 Å². The van der Waals surface area contributed by atoms with Gasteiger partial charge in [-0.2, -0.15) is 0 Å². The van der Waals surface area contributed by atoms with E-state index in [2.05, 4.69) is 54.8 Å². The molecule has 0 bridgehead atoms. The molecule has 2 N–H and O–H groups in total. The first-order valence-electron chi connectivity index (χ1n) is 7.78. The van der Waals surface area contributed by atoms with E-state index < -0.39 is 0 Å². The van der Waals surface area contributed by atoms with Gasteiger partial charge in [0, 0.05) is 32.7 Å². The lowest BCUT2D eigenvalue weighted by Gasteiger charge is -2.43. The maximum Gasteiger partial charge on any atom is 0.0928 e. The number of hydrogen-bond acceptors (Lipinski definition) is 3. The normalized spacial score (nSPS) is 17.9. The van der Waals surface area contributed by atoms with Crippen LogP contribution in [0.25, 0.3) is 0 Å². The molecule has 1 heterocycles. The summed E-state index contributed by atoms with van der Waals surface area (Å²) in [4.78, 5) is 5.49. The summed E-state index contributed by atoms with van der Waals surface area (Å²) in [6.45, 7) is 11.7. The monoisotopic (exact) mass is 305 g/mol. The molecule has 1 saturated heterocycles. The van der Waals surface area contributed by atoms with Crippen molar-refractivity contribution in [2.45, 2.75) is 39.3 Å². The fourth-order valence-corrected chi connectivity index (χ4v) is 2.89. The summed E-state index contributed by atoms with van der Waals surface area (Å²) in [5, 5.41) is 0. The number of rotatable bonds is 5. The Labute approximate surface area is 134 Å². The Hall–Kier alpha value is -0.970. The summed E-state index contributed by atoms with van der Waals surface area (Å²) < 4.78 is 0. The number of nitrogens with two attached hydrogens (primary N) is 1. The van der Waals surface area contributed by atoms with Crippen LogP contribution in [0.4, 0.5) is 0 Å². The molecule has 0 spiro atoms. The third kappa shape index (κ3) is 4.02. The van der Waals surface area contributed by atoms with Crippen LogP contribution in [0.3, 0.4) is 0 Å². The minimum atomic E-state index is -0.176. The third-order valence-electron chi connectivity index (χ3n) is 4.60. The molecule has 0 atom stereocenters. The van der Waals surface area contributed by atoms with Crippen LogP contribution in [0.1, 0.15) is 31.9 Å². The Morgan fingerprint density at radius 3 is 2.10 bits per heavy atom. The van der Waals surface area contributed by atoms with Gasteiger partial charge in [-0.25, -0.2) is 0 Å². The molecule has 0 unspecified atom stereocenters. The van der Waals surface area contributed by atoms with E-state index in [1.165, 1.54) is 11.1 Å². The van der Waals surface area contributed by atoms with Crippen LogP contribution in [0.2, 0.25) is 0 Å². The molecule has 1 aromatic carbocycles. The smallest absolute Gasteiger partial charge is 0.0928 e. The number of hydrogen-bond donors (Lipinski definition) is 1. The van der Waals surface area contributed by atoms with Crippen molar-refractivity contribution >= 4 is 17.2 Å². The highest BCUT2D eigenvalue weighted by Gasteiger charge is 2.32. The third-order valence-corrected chi connectivity index (χ3v) is 5.10. The Balaban J connectivity index is 1.87. The molecule has 21 heavy (non-hydrogen) atoms. The van der Waals surface area contributed by atoms with E-state index in [1.807, 2.05) is 0 Å². The van der Waals surface area contributed by atoms with Gasteiger partial charge < -0.3 is 5.73 Å². The molecule has 1 aliphatic rings. The second kappa shape index (κ2) is 6.86. The molecule has 1 aliphatic heterocycles. The van der Waals surface area contributed by atoms with E-state index in [0.29, 0.717) is 4.99 Å². The maximum atomic E-state index is 5.86. The van der Waals surface area contributed by atoms with Gasteiger partial charge in [0.1, 0.15) is 0 Å². The minimum absolute atomic E-state index is 0.176. The van der Waals surface area contributed by atoms with E-state index in [1.54, 1.807) is 0 Å². The molecule has 2 rings (SSSR count). The molecule has 1 aromatic rings. The highest BCUT2D eigenvalue weighted by molar-refractivity contribution is 7.80. The largest absolute Gasteiger partial charge is 0.392 e. The lowest BCUT2D eigenvalue weighted by Crippen LogP contribution is -2.59. The highest BCUT2D eigenvalue weighted by Crippen LogP contribution is 2.18. The van der Waals surface area contributed by atoms with Gasteiger partial charge in [-0.05, 0) is 31.4 Å². The molecular formula is C17H27N3S. The average molecular weight is 305 g/mol. The number of benzene rings is 1. The van der Waals surface area contributed by atoms with Crippen LogP contribution in [0.5, 0.6) is 0 Å². The van der Waals surface area contributed by atoms with Gasteiger partial charge >= 0.3 is 0 Å². The Bertz CT molecular complexity index is 473. The van der Waals surface area contributed by atoms with E-state index in [0.717, 1.165) is 39.1 Å². The van der Waals surface area contributed by atoms with Crippen molar-refractivity contribution in [3.8, 4) is 0 Å². The first-order chi connectivity index (χ1) is 9.93. The molecule has 0 saturated carbocycles. The number of nitrogens with zero attached hydrogens (tertiary/aromatic N) is 2. The molecule has 0 aliphatic carbocycles. The summed E-state index contributed by atoms with van der Waals surface area (Å²) in [6.07, 6.45) is 1.10. The van der Waals surface area contributed by atoms with Gasteiger partial charge in [-0.3, -0.25) is 9.80 Å². The summed E-state index contributed by atoms with van der Waals surface area (Å²) in [5.74, 6) is 0. The summed E-state index contributed by atoms with van der Waals surface area (Å²) in [7, 11) is 0. The Morgan fingerprint density at radius 2 is 1.62 bits per heavy atom. The second-order valence-corrected chi connectivity index (χ2v) is 6.80. The zero-order valence-electron chi connectivity index (χ0n) is 13.4. The van der Waals surface area contributed by atoms with Gasteiger partial charge in [-0.15, -0.1) is 0 Å². The topological polar surface area (TPSA) is 32.5 Å². The first kappa shape index (κ1) is 16.4. The predicted octanol–water partition coefficient (Wildman–Crippen LogP) is 2.43. The van der Waals surface area contributed by atoms with Crippen LogP contribution < -0.4 is 5.73 Å². The number of aryl methyl sites for hydroxylation is 1. The van der Waals surface area contributed by atoms with Crippen LogP contribution in [0, 0.1) is 0 Å². The van der Waals surface area contributed by atoms with Crippen molar-refractivity contribution in [3.63, 3.8) is 0 Å². The first-order valence-corrected chi connectivity index (χ1v) is 8.19. The number of thiocarbonyl (C=S) groups is 1. The molecule has 116 valence electrons. The zero-order valence-corrected chi connectivity index (χ0v) is 14.2. The Kier molecular flexibility index (Phi) is 5.36. The van der Waals surface area contributed by atoms with E-state index in [9.17, 15) is 0 Å². The molecular weight excluding hydrogens is 278 g/mol. The quantitative estimate of drug-likeness (QED) is 0.847. The molecule has 0 amide bonds. The van der Waals surface area contributed by atoms with Crippen molar-refractivity contribution in [2.75, 3.05) is 26.2 Å². The van der Waals surface area contributed by atoms with Crippen molar-refractivity contribution in [2.24, 2.45) is 5.73 Å². The van der Waals surface area contributed by atoms with Gasteiger partial charge in [0.15, 0.2) is 0 Å². The van der Waals surface area contributed by atoms with Gasteiger partial charge in [0.25, 0.3) is 0 Å². The van der Waals surface area contributed by atoms with Crippen molar-refractivity contribution in [3.05, 3.63) is 35.4 Å². The molecule has 4 heteroatoms. The highest BCUT2D eigenvalue weighted by atomic mass is 32.1. The van der Waals surface area contributed by atoms with Gasteiger partial charge in [0.05, 0.1) is 10.5 Å². The van der Waals surface area contributed by atoms with Crippen molar-refractivity contribution < 1.29 is 0 Å². The number of piperazine rings is 1. The van der Waals surface area contributed by atoms with Crippen LogP contribution in [-0.4, -0.2) is 46.5 Å². The molecule has 0 radical (unpaired) electrons. The van der Waals surface area contributed by atoms with Crippen molar-refractivity contribution in [1.29, 1.82) is 0 Å². The summed E-state index contributed by atoms with van der Waals surface area (Å²) in [5.41, 5.74) is 8.49. The van der Waals surface area contributed by atoms with Gasteiger partial charge in [0.2, 0.25) is 0 Å². The van der Waals surface area contributed by atoms with E-state index in [4.69, 9.17) is 18.0 Å². The standard InChI is InChI=1S/C17H27N3S/c1-4-14-5-7-15(8-6-14)13-19-9-11-20(12-10-19)17(2,3)16(18)21/h5-8H,4,9-13H2,1-3H3,(H2,18,21). The van der Waals surface area contributed by atoms with Gasteiger partial charge in [-0.1, -0.05) is 43.4 Å². The SMILES string of the molecule is CCc1ccc(CN2CCN(C(C)(C)C(N)=S)CC2)cc1.